The summed E-state index contributed by atoms with van der Waals surface area (Å²) in [5.41, 5.74) is 1.04. The molecule has 0 amide bonds. The van der Waals surface area contributed by atoms with Crippen molar-refractivity contribution < 1.29 is 0 Å². The Hall–Kier alpha value is -1.86. The van der Waals surface area contributed by atoms with E-state index in [-0.39, 0.29) is 12.1 Å². The molecule has 2 aromatic heterocycles. The first kappa shape index (κ1) is 12.2. The number of para-hydroxylation sites is 1. The normalized spacial score (nSPS) is 14.6. The van der Waals surface area contributed by atoms with Gasteiger partial charge in [-0.3, -0.25) is 5.32 Å². The third kappa shape index (κ3) is 2.47. The molecule has 3 rings (SSSR count). The minimum atomic E-state index is 0.0285. The van der Waals surface area contributed by atoms with E-state index in [0.29, 0.717) is 5.82 Å². The molecule has 6 nitrogen and oxygen atoms in total. The maximum atomic E-state index is 4.64. The lowest BCUT2D eigenvalue weighted by atomic mass is 10.2. The Labute approximate surface area is 114 Å². The topological polar surface area (TPSA) is 79.4 Å². The summed E-state index contributed by atoms with van der Waals surface area (Å²) >= 11 is 1.71. The van der Waals surface area contributed by atoms with Crippen LogP contribution in [0.25, 0.3) is 10.2 Å². The molecule has 3 aromatic rings. The van der Waals surface area contributed by atoms with Crippen molar-refractivity contribution in [3.8, 4) is 0 Å². The number of H-pyrrole nitrogens is 1. The lowest BCUT2D eigenvalue weighted by Crippen LogP contribution is -2.23. The van der Waals surface area contributed by atoms with E-state index >= 15 is 0 Å². The maximum absolute atomic E-state index is 4.64. The van der Waals surface area contributed by atoms with Gasteiger partial charge in [-0.15, -0.1) is 21.5 Å². The van der Waals surface area contributed by atoms with Gasteiger partial charge in [0.1, 0.15) is 5.01 Å². The van der Waals surface area contributed by atoms with E-state index in [2.05, 4.69) is 43.9 Å². The zero-order valence-corrected chi connectivity index (χ0v) is 11.5. The van der Waals surface area contributed by atoms with E-state index in [1.54, 1.807) is 11.3 Å². The number of hydrogen-bond acceptors (Lipinski definition) is 6. The summed E-state index contributed by atoms with van der Waals surface area (Å²) in [7, 11) is 0. The van der Waals surface area contributed by atoms with Gasteiger partial charge in [0.25, 0.3) is 0 Å². The van der Waals surface area contributed by atoms with Crippen LogP contribution >= 0.6 is 11.3 Å². The highest BCUT2D eigenvalue weighted by atomic mass is 32.1. The molecule has 0 aliphatic rings. The SMILES string of the molecule is CC(NC(C)c1nc2ccccc2s1)c1nn[nH]n1. The van der Waals surface area contributed by atoms with Gasteiger partial charge in [-0.25, -0.2) is 4.98 Å². The van der Waals surface area contributed by atoms with E-state index in [1.807, 2.05) is 25.1 Å². The molecule has 2 heterocycles. The Balaban J connectivity index is 1.78. The van der Waals surface area contributed by atoms with E-state index < -0.39 is 0 Å². The molecule has 0 spiro atoms. The molecular formula is C12H14N6S. The van der Waals surface area contributed by atoms with Crippen molar-refractivity contribution in [1.29, 1.82) is 0 Å². The highest BCUT2D eigenvalue weighted by Gasteiger charge is 2.17. The van der Waals surface area contributed by atoms with E-state index in [9.17, 15) is 0 Å². The lowest BCUT2D eigenvalue weighted by Gasteiger charge is -2.15. The predicted molar refractivity (Wildman–Crippen MR) is 73.8 cm³/mol. The highest BCUT2D eigenvalue weighted by Crippen LogP contribution is 2.27. The fourth-order valence-corrected chi connectivity index (χ4v) is 2.93. The summed E-state index contributed by atoms with van der Waals surface area (Å²) in [6.07, 6.45) is 0. The summed E-state index contributed by atoms with van der Waals surface area (Å²) < 4.78 is 1.21. The molecular weight excluding hydrogens is 260 g/mol. The first-order valence-electron chi connectivity index (χ1n) is 6.09. The van der Waals surface area contributed by atoms with Gasteiger partial charge in [-0.05, 0) is 26.0 Å². The fourth-order valence-electron chi connectivity index (χ4n) is 1.95. The number of fused-ring (bicyclic) bond motifs is 1. The van der Waals surface area contributed by atoms with Gasteiger partial charge in [0.15, 0.2) is 5.82 Å². The van der Waals surface area contributed by atoms with Crippen LogP contribution in [0.3, 0.4) is 0 Å². The van der Waals surface area contributed by atoms with Crippen molar-refractivity contribution in [2.45, 2.75) is 25.9 Å². The van der Waals surface area contributed by atoms with Crippen molar-refractivity contribution in [2.75, 3.05) is 0 Å². The summed E-state index contributed by atoms with van der Waals surface area (Å²) in [6.45, 7) is 4.10. The second-order valence-electron chi connectivity index (χ2n) is 4.40. The van der Waals surface area contributed by atoms with Crippen LogP contribution in [-0.2, 0) is 0 Å². The summed E-state index contributed by atoms with van der Waals surface area (Å²) in [5.74, 6) is 0.660. The molecule has 98 valence electrons. The molecule has 2 N–H and O–H groups in total. The fraction of sp³-hybridized carbons (Fsp3) is 0.333. The number of nitrogens with zero attached hydrogens (tertiary/aromatic N) is 4. The van der Waals surface area contributed by atoms with Crippen LogP contribution in [0.15, 0.2) is 24.3 Å². The Morgan fingerprint density at radius 3 is 2.79 bits per heavy atom. The quantitative estimate of drug-likeness (QED) is 0.762. The van der Waals surface area contributed by atoms with Gasteiger partial charge in [-0.1, -0.05) is 17.3 Å². The average molecular weight is 274 g/mol. The Bertz CT molecular complexity index is 629. The molecule has 0 radical (unpaired) electrons. The first-order valence-corrected chi connectivity index (χ1v) is 6.90. The smallest absolute Gasteiger partial charge is 0.191 e. The molecule has 1 aromatic carbocycles. The van der Waals surface area contributed by atoms with Gasteiger partial charge < -0.3 is 0 Å². The van der Waals surface area contributed by atoms with Crippen LogP contribution in [0.2, 0.25) is 0 Å². The minimum Gasteiger partial charge on any atom is -0.299 e. The maximum Gasteiger partial charge on any atom is 0.191 e. The number of rotatable bonds is 4. The number of tetrazole rings is 1. The summed E-state index contributed by atoms with van der Waals surface area (Å²) in [5, 5.41) is 18.5. The number of aromatic amines is 1. The summed E-state index contributed by atoms with van der Waals surface area (Å²) in [4.78, 5) is 4.64. The molecule has 7 heteroatoms. The molecule has 0 saturated heterocycles. The Morgan fingerprint density at radius 1 is 1.21 bits per heavy atom. The van der Waals surface area contributed by atoms with Crippen LogP contribution in [0.4, 0.5) is 0 Å². The van der Waals surface area contributed by atoms with Crippen molar-refractivity contribution in [3.63, 3.8) is 0 Å². The van der Waals surface area contributed by atoms with Crippen molar-refractivity contribution >= 4 is 21.6 Å². The van der Waals surface area contributed by atoms with E-state index in [4.69, 9.17) is 0 Å². The number of hydrogen-bond donors (Lipinski definition) is 2. The third-order valence-electron chi connectivity index (χ3n) is 2.93. The molecule has 0 fully saturated rings. The third-order valence-corrected chi connectivity index (χ3v) is 4.15. The van der Waals surface area contributed by atoms with Crippen molar-refractivity contribution in [3.05, 3.63) is 35.1 Å². The highest BCUT2D eigenvalue weighted by molar-refractivity contribution is 7.18. The number of benzene rings is 1. The van der Waals surface area contributed by atoms with Crippen LogP contribution in [-0.4, -0.2) is 25.6 Å². The van der Waals surface area contributed by atoms with Gasteiger partial charge in [0, 0.05) is 0 Å². The zero-order valence-electron chi connectivity index (χ0n) is 10.7. The predicted octanol–water partition coefficient (Wildman–Crippen LogP) is 2.22. The van der Waals surface area contributed by atoms with Gasteiger partial charge in [-0.2, -0.15) is 5.21 Å². The largest absolute Gasteiger partial charge is 0.299 e. The minimum absolute atomic E-state index is 0.0285. The molecule has 0 aliphatic heterocycles. The second-order valence-corrected chi connectivity index (χ2v) is 5.46. The number of aromatic nitrogens is 5. The number of nitrogens with one attached hydrogen (secondary N) is 2. The summed E-state index contributed by atoms with van der Waals surface area (Å²) in [6, 6.07) is 8.33. The monoisotopic (exact) mass is 274 g/mol. The number of thiazole rings is 1. The molecule has 0 aliphatic carbocycles. The standard InChI is InChI=1S/C12H14N6S/c1-7(11-15-17-18-16-11)13-8(2)12-14-9-5-3-4-6-10(9)19-12/h3-8,13H,1-2H3,(H,15,16,17,18). The second kappa shape index (κ2) is 5.02. The molecule has 2 atom stereocenters. The van der Waals surface area contributed by atoms with Crippen LogP contribution in [0, 0.1) is 0 Å². The van der Waals surface area contributed by atoms with Crippen LogP contribution in [0.1, 0.15) is 36.8 Å². The zero-order chi connectivity index (χ0) is 13.2. The van der Waals surface area contributed by atoms with E-state index in [0.717, 1.165) is 10.5 Å². The van der Waals surface area contributed by atoms with Crippen LogP contribution < -0.4 is 5.32 Å². The molecule has 19 heavy (non-hydrogen) atoms. The average Bonchev–Trinajstić information content (AvgIpc) is 3.07. The lowest BCUT2D eigenvalue weighted by molar-refractivity contribution is 0.476. The van der Waals surface area contributed by atoms with Crippen molar-refractivity contribution in [2.24, 2.45) is 0 Å². The van der Waals surface area contributed by atoms with Gasteiger partial charge in [0.2, 0.25) is 0 Å². The van der Waals surface area contributed by atoms with E-state index in [1.165, 1.54) is 4.70 Å². The molecule has 0 saturated carbocycles. The molecule has 0 bridgehead atoms. The molecule has 2 unspecified atom stereocenters. The van der Waals surface area contributed by atoms with Gasteiger partial charge in [0.05, 0.1) is 22.3 Å². The Kier molecular flexibility index (Phi) is 3.22. The van der Waals surface area contributed by atoms with Gasteiger partial charge >= 0.3 is 0 Å². The van der Waals surface area contributed by atoms with Crippen LogP contribution in [0.5, 0.6) is 0 Å². The van der Waals surface area contributed by atoms with Crippen molar-refractivity contribution in [1.82, 2.24) is 30.9 Å². The first-order chi connectivity index (χ1) is 9.24. The Morgan fingerprint density at radius 2 is 2.05 bits per heavy atom.